The molecule has 0 amide bonds. The van der Waals surface area contributed by atoms with Gasteiger partial charge in [-0.05, 0) is 32.8 Å². The first-order valence-corrected chi connectivity index (χ1v) is 8.86. The number of aromatic nitrogens is 4. The monoisotopic (exact) mass is 329 g/mol. The summed E-state index contributed by atoms with van der Waals surface area (Å²) >= 11 is 1.74. The van der Waals surface area contributed by atoms with Crippen molar-refractivity contribution in [3.05, 3.63) is 34.2 Å². The minimum atomic E-state index is 0.201. The predicted octanol–water partition coefficient (Wildman–Crippen LogP) is 4.17. The van der Waals surface area contributed by atoms with Crippen LogP contribution >= 0.6 is 11.3 Å². The van der Waals surface area contributed by atoms with Crippen LogP contribution in [0.25, 0.3) is 10.2 Å². The summed E-state index contributed by atoms with van der Waals surface area (Å²) in [5.41, 5.74) is 3.55. The lowest BCUT2D eigenvalue weighted by atomic mass is 10.0. The van der Waals surface area contributed by atoms with Crippen molar-refractivity contribution >= 4 is 27.4 Å². The van der Waals surface area contributed by atoms with Gasteiger partial charge >= 0.3 is 0 Å². The van der Waals surface area contributed by atoms with Crippen molar-refractivity contribution in [3.8, 4) is 0 Å². The number of nitrogens with zero attached hydrogens (tertiary/aromatic N) is 4. The lowest BCUT2D eigenvalue weighted by molar-refractivity contribution is 0.715. The molecule has 3 rings (SSSR count). The Hall–Kier alpha value is -1.95. The second-order valence-corrected chi connectivity index (χ2v) is 6.94. The highest BCUT2D eigenvalue weighted by Crippen LogP contribution is 2.32. The number of rotatable bonds is 5. The van der Waals surface area contributed by atoms with E-state index in [1.54, 1.807) is 17.7 Å². The van der Waals surface area contributed by atoms with E-state index in [0.29, 0.717) is 0 Å². The molecule has 6 heteroatoms. The Morgan fingerprint density at radius 3 is 2.65 bits per heavy atom. The fourth-order valence-electron chi connectivity index (χ4n) is 3.03. The van der Waals surface area contributed by atoms with Crippen molar-refractivity contribution in [2.75, 3.05) is 5.32 Å². The van der Waals surface area contributed by atoms with E-state index in [1.165, 1.54) is 16.1 Å². The summed E-state index contributed by atoms with van der Waals surface area (Å²) in [4.78, 5) is 11.3. The van der Waals surface area contributed by atoms with Crippen LogP contribution in [-0.2, 0) is 13.5 Å². The minimum absolute atomic E-state index is 0.201. The maximum Gasteiger partial charge on any atom is 0.138 e. The summed E-state index contributed by atoms with van der Waals surface area (Å²) in [7, 11) is 1.99. The molecule has 0 saturated carbocycles. The molecule has 0 radical (unpaired) electrons. The molecule has 0 spiro atoms. The number of hydrogen-bond acceptors (Lipinski definition) is 5. The maximum atomic E-state index is 4.55. The van der Waals surface area contributed by atoms with Gasteiger partial charge in [0.2, 0.25) is 0 Å². The van der Waals surface area contributed by atoms with Gasteiger partial charge in [-0.1, -0.05) is 13.8 Å². The Balaban J connectivity index is 2.00. The molecule has 3 aromatic heterocycles. The molecule has 5 nitrogen and oxygen atoms in total. The number of thiophene rings is 1. The van der Waals surface area contributed by atoms with E-state index in [4.69, 9.17) is 0 Å². The van der Waals surface area contributed by atoms with Gasteiger partial charge in [-0.3, -0.25) is 4.68 Å². The second kappa shape index (κ2) is 6.28. The van der Waals surface area contributed by atoms with Crippen molar-refractivity contribution in [2.45, 2.75) is 46.6 Å². The number of fused-ring (bicyclic) bond motifs is 1. The molecule has 1 N–H and O–H groups in total. The van der Waals surface area contributed by atoms with Gasteiger partial charge in [0.05, 0.1) is 17.1 Å². The summed E-state index contributed by atoms with van der Waals surface area (Å²) in [6.07, 6.45) is 3.65. The first-order valence-electron chi connectivity index (χ1n) is 8.05. The van der Waals surface area contributed by atoms with Crippen molar-refractivity contribution in [1.82, 2.24) is 19.7 Å². The topological polar surface area (TPSA) is 55.6 Å². The van der Waals surface area contributed by atoms with Crippen LogP contribution in [0.4, 0.5) is 5.82 Å². The number of hydrogen-bond donors (Lipinski definition) is 1. The van der Waals surface area contributed by atoms with Gasteiger partial charge in [0.25, 0.3) is 0 Å². The van der Waals surface area contributed by atoms with Crippen LogP contribution in [0, 0.1) is 13.8 Å². The zero-order valence-corrected chi connectivity index (χ0v) is 15.2. The number of aryl methyl sites for hydroxylation is 3. The van der Waals surface area contributed by atoms with Crippen LogP contribution in [0.15, 0.2) is 12.4 Å². The summed E-state index contributed by atoms with van der Waals surface area (Å²) in [5, 5.41) is 9.29. The Bertz CT molecular complexity index is 833. The molecule has 0 aromatic carbocycles. The average molecular weight is 329 g/mol. The largest absolute Gasteiger partial charge is 0.362 e. The maximum absolute atomic E-state index is 4.55. The average Bonchev–Trinajstić information content (AvgIpc) is 3.07. The van der Waals surface area contributed by atoms with Crippen LogP contribution in [0.3, 0.4) is 0 Å². The zero-order chi connectivity index (χ0) is 16.6. The molecule has 0 aliphatic rings. The standard InChI is InChI=1S/C17H23N5S/c1-6-12-8-13-16(18-9-19-17(13)23-12)20-14(7-2)15-10(3)21-22(5)11(15)4/h8-9,14H,6-7H2,1-5H3,(H,18,19,20). The van der Waals surface area contributed by atoms with E-state index >= 15 is 0 Å². The van der Waals surface area contributed by atoms with Crippen LogP contribution in [0.1, 0.15) is 48.1 Å². The van der Waals surface area contributed by atoms with E-state index in [1.807, 2.05) is 11.7 Å². The van der Waals surface area contributed by atoms with Gasteiger partial charge < -0.3 is 5.32 Å². The smallest absolute Gasteiger partial charge is 0.138 e. The van der Waals surface area contributed by atoms with Crippen molar-refractivity contribution < 1.29 is 0 Å². The highest BCUT2D eigenvalue weighted by atomic mass is 32.1. The summed E-state index contributed by atoms with van der Waals surface area (Å²) < 4.78 is 1.95. The molecule has 0 aliphatic heterocycles. The normalized spacial score (nSPS) is 12.7. The van der Waals surface area contributed by atoms with E-state index in [0.717, 1.165) is 34.6 Å². The summed E-state index contributed by atoms with van der Waals surface area (Å²) in [5.74, 6) is 0.917. The molecule has 0 bridgehead atoms. The van der Waals surface area contributed by atoms with Crippen molar-refractivity contribution in [1.29, 1.82) is 0 Å². The van der Waals surface area contributed by atoms with E-state index in [9.17, 15) is 0 Å². The third kappa shape index (κ3) is 2.83. The molecule has 23 heavy (non-hydrogen) atoms. The SMILES string of the molecule is CCc1cc2c(NC(CC)c3c(C)nn(C)c3C)ncnc2s1. The molecule has 1 atom stereocenters. The van der Waals surface area contributed by atoms with Gasteiger partial charge in [0.15, 0.2) is 0 Å². The lowest BCUT2D eigenvalue weighted by Crippen LogP contribution is -2.13. The first-order chi connectivity index (χ1) is 11.0. The Morgan fingerprint density at radius 2 is 2.04 bits per heavy atom. The summed E-state index contributed by atoms with van der Waals surface area (Å²) in [6, 6.07) is 2.41. The number of anilines is 1. The summed E-state index contributed by atoms with van der Waals surface area (Å²) in [6.45, 7) is 8.55. The Labute approximate surface area is 140 Å². The minimum Gasteiger partial charge on any atom is -0.362 e. The Kier molecular flexibility index (Phi) is 4.35. The van der Waals surface area contributed by atoms with Crippen molar-refractivity contribution in [2.24, 2.45) is 7.05 Å². The zero-order valence-electron chi connectivity index (χ0n) is 14.3. The van der Waals surface area contributed by atoms with Crippen LogP contribution < -0.4 is 5.32 Å². The van der Waals surface area contributed by atoms with Crippen LogP contribution in [0.5, 0.6) is 0 Å². The molecule has 0 saturated heterocycles. The quantitative estimate of drug-likeness (QED) is 0.763. The van der Waals surface area contributed by atoms with E-state index in [-0.39, 0.29) is 6.04 Å². The van der Waals surface area contributed by atoms with E-state index in [2.05, 4.69) is 54.1 Å². The third-order valence-corrected chi connectivity index (χ3v) is 5.55. The molecule has 3 heterocycles. The lowest BCUT2D eigenvalue weighted by Gasteiger charge is -2.19. The van der Waals surface area contributed by atoms with E-state index < -0.39 is 0 Å². The second-order valence-electron chi connectivity index (χ2n) is 5.82. The van der Waals surface area contributed by atoms with Gasteiger partial charge in [0.1, 0.15) is 17.0 Å². The molecule has 1 unspecified atom stereocenters. The molecular formula is C17H23N5S. The van der Waals surface area contributed by atoms with Crippen LogP contribution in [0.2, 0.25) is 0 Å². The fourth-order valence-corrected chi connectivity index (χ4v) is 3.97. The first kappa shape index (κ1) is 15.9. The molecule has 0 aliphatic carbocycles. The fraction of sp³-hybridized carbons (Fsp3) is 0.471. The van der Waals surface area contributed by atoms with Gasteiger partial charge in [-0.25, -0.2) is 9.97 Å². The molecular weight excluding hydrogens is 306 g/mol. The predicted molar refractivity (Wildman–Crippen MR) is 96.1 cm³/mol. The van der Waals surface area contributed by atoms with Gasteiger partial charge in [0, 0.05) is 23.2 Å². The number of nitrogens with one attached hydrogen (secondary N) is 1. The highest BCUT2D eigenvalue weighted by Gasteiger charge is 2.20. The molecule has 3 aromatic rings. The highest BCUT2D eigenvalue weighted by molar-refractivity contribution is 7.18. The van der Waals surface area contributed by atoms with Crippen molar-refractivity contribution in [3.63, 3.8) is 0 Å². The van der Waals surface area contributed by atoms with Gasteiger partial charge in [-0.2, -0.15) is 5.10 Å². The molecule has 122 valence electrons. The molecule has 0 fully saturated rings. The third-order valence-electron chi connectivity index (χ3n) is 4.36. The Morgan fingerprint density at radius 1 is 1.26 bits per heavy atom. The van der Waals surface area contributed by atoms with Crippen LogP contribution in [-0.4, -0.2) is 19.7 Å². The van der Waals surface area contributed by atoms with Gasteiger partial charge in [-0.15, -0.1) is 11.3 Å².